The van der Waals surface area contributed by atoms with Crippen LogP contribution in [0, 0.1) is 0 Å². The van der Waals surface area contributed by atoms with Crippen molar-refractivity contribution >= 4 is 5.91 Å². The first-order valence-corrected chi connectivity index (χ1v) is 7.41. The topological polar surface area (TPSA) is 50.4 Å². The molecular weight excluding hydrogens is 252 g/mol. The Labute approximate surface area is 120 Å². The Bertz CT molecular complexity index is 428. The van der Waals surface area contributed by atoms with Crippen LogP contribution in [0.1, 0.15) is 31.2 Å². The van der Waals surface area contributed by atoms with Crippen LogP contribution in [-0.2, 0) is 11.2 Å². The van der Waals surface area contributed by atoms with Crippen LogP contribution >= 0.6 is 0 Å². The number of hydrogen-bond acceptors (Lipinski definition) is 3. The number of carbonyl (C=O) groups excluding carboxylic acids is 1. The van der Waals surface area contributed by atoms with Gasteiger partial charge in [0, 0.05) is 12.6 Å². The molecule has 1 saturated carbocycles. The number of amides is 1. The van der Waals surface area contributed by atoms with E-state index in [0.29, 0.717) is 19.1 Å². The molecule has 0 saturated heterocycles. The summed E-state index contributed by atoms with van der Waals surface area (Å²) in [6.07, 6.45) is 5.81. The van der Waals surface area contributed by atoms with Gasteiger partial charge in [0.05, 0.1) is 13.7 Å². The number of methoxy groups -OCH3 is 1. The zero-order chi connectivity index (χ0) is 14.2. The quantitative estimate of drug-likeness (QED) is 0.799. The van der Waals surface area contributed by atoms with E-state index in [-0.39, 0.29) is 5.91 Å². The molecule has 2 rings (SSSR count). The van der Waals surface area contributed by atoms with Crippen molar-refractivity contribution in [3.63, 3.8) is 0 Å². The van der Waals surface area contributed by atoms with Gasteiger partial charge in [-0.15, -0.1) is 0 Å². The van der Waals surface area contributed by atoms with E-state index >= 15 is 0 Å². The molecule has 0 radical (unpaired) electrons. The molecular formula is C16H24N2O2. The zero-order valence-electron chi connectivity index (χ0n) is 12.2. The van der Waals surface area contributed by atoms with Gasteiger partial charge >= 0.3 is 0 Å². The van der Waals surface area contributed by atoms with E-state index in [0.717, 1.165) is 12.2 Å². The molecule has 0 heterocycles. The largest absolute Gasteiger partial charge is 0.497 e. The summed E-state index contributed by atoms with van der Waals surface area (Å²) in [6.45, 7) is 1.10. The summed E-state index contributed by atoms with van der Waals surface area (Å²) in [5.74, 6) is 0.941. The number of ether oxygens (including phenoxy) is 1. The van der Waals surface area contributed by atoms with Gasteiger partial charge in [0.25, 0.3) is 0 Å². The van der Waals surface area contributed by atoms with Gasteiger partial charge in [0.15, 0.2) is 0 Å². The summed E-state index contributed by atoms with van der Waals surface area (Å²) in [7, 11) is 1.66. The van der Waals surface area contributed by atoms with E-state index in [1.807, 2.05) is 24.3 Å². The lowest BCUT2D eigenvalue weighted by molar-refractivity contribution is -0.120. The number of nitrogens with one attached hydrogen (secondary N) is 2. The molecule has 0 aliphatic heterocycles. The number of benzene rings is 1. The lowest BCUT2D eigenvalue weighted by atomic mass is 10.1. The van der Waals surface area contributed by atoms with Crippen LogP contribution in [0.5, 0.6) is 5.75 Å². The zero-order valence-corrected chi connectivity index (χ0v) is 12.2. The Morgan fingerprint density at radius 2 is 2.15 bits per heavy atom. The maximum atomic E-state index is 11.7. The highest BCUT2D eigenvalue weighted by Gasteiger charge is 2.14. The predicted octanol–water partition coefficient (Wildman–Crippen LogP) is 1.89. The molecule has 0 atom stereocenters. The van der Waals surface area contributed by atoms with Crippen LogP contribution in [-0.4, -0.2) is 32.1 Å². The molecule has 1 fully saturated rings. The first-order chi connectivity index (χ1) is 9.78. The third-order valence-corrected chi connectivity index (χ3v) is 3.78. The summed E-state index contributed by atoms with van der Waals surface area (Å²) in [5.41, 5.74) is 1.17. The first-order valence-electron chi connectivity index (χ1n) is 7.41. The highest BCUT2D eigenvalue weighted by Crippen LogP contribution is 2.17. The van der Waals surface area contributed by atoms with Crippen molar-refractivity contribution in [3.05, 3.63) is 29.8 Å². The standard InChI is InChI=1S/C16H24N2O2/c1-20-15-8-4-5-13(11-15)9-10-17-16(19)12-18-14-6-2-3-7-14/h4-5,8,11,14,18H,2-3,6-7,9-10,12H2,1H3,(H,17,19). The maximum absolute atomic E-state index is 11.7. The Kier molecular flexibility index (Phi) is 5.87. The lowest BCUT2D eigenvalue weighted by Crippen LogP contribution is -2.38. The summed E-state index contributed by atoms with van der Waals surface area (Å²) in [4.78, 5) is 11.7. The van der Waals surface area contributed by atoms with E-state index < -0.39 is 0 Å². The number of rotatable bonds is 7. The minimum absolute atomic E-state index is 0.0831. The summed E-state index contributed by atoms with van der Waals surface area (Å²) >= 11 is 0. The fourth-order valence-corrected chi connectivity index (χ4v) is 2.60. The second-order valence-electron chi connectivity index (χ2n) is 5.31. The monoisotopic (exact) mass is 276 g/mol. The second-order valence-corrected chi connectivity index (χ2v) is 5.31. The van der Waals surface area contributed by atoms with Gasteiger partial charge in [-0.3, -0.25) is 4.79 Å². The molecule has 0 aromatic heterocycles. The Morgan fingerprint density at radius 3 is 2.90 bits per heavy atom. The number of carbonyl (C=O) groups is 1. The van der Waals surface area contributed by atoms with Crippen LogP contribution in [0.3, 0.4) is 0 Å². The highest BCUT2D eigenvalue weighted by molar-refractivity contribution is 5.78. The van der Waals surface area contributed by atoms with Crippen molar-refractivity contribution in [2.75, 3.05) is 20.2 Å². The van der Waals surface area contributed by atoms with Crippen molar-refractivity contribution in [2.24, 2.45) is 0 Å². The van der Waals surface area contributed by atoms with Crippen molar-refractivity contribution < 1.29 is 9.53 Å². The predicted molar refractivity (Wildman–Crippen MR) is 80.0 cm³/mol. The van der Waals surface area contributed by atoms with E-state index in [2.05, 4.69) is 10.6 Å². The van der Waals surface area contributed by atoms with Gasteiger partial charge < -0.3 is 15.4 Å². The fourth-order valence-electron chi connectivity index (χ4n) is 2.60. The number of hydrogen-bond donors (Lipinski definition) is 2. The van der Waals surface area contributed by atoms with E-state index in [4.69, 9.17) is 4.74 Å². The van der Waals surface area contributed by atoms with E-state index in [1.54, 1.807) is 7.11 Å². The van der Waals surface area contributed by atoms with E-state index in [9.17, 15) is 4.79 Å². The SMILES string of the molecule is COc1cccc(CCNC(=O)CNC2CCCC2)c1. The van der Waals surface area contributed by atoms with Gasteiger partial charge in [-0.2, -0.15) is 0 Å². The van der Waals surface area contributed by atoms with Gasteiger partial charge in [0.1, 0.15) is 5.75 Å². The molecule has 1 aromatic carbocycles. The molecule has 1 aromatic rings. The fraction of sp³-hybridized carbons (Fsp3) is 0.562. The molecule has 110 valence electrons. The molecule has 1 amide bonds. The third kappa shape index (κ3) is 4.85. The van der Waals surface area contributed by atoms with Crippen molar-refractivity contribution in [2.45, 2.75) is 38.1 Å². The highest BCUT2D eigenvalue weighted by atomic mass is 16.5. The van der Waals surface area contributed by atoms with Crippen LogP contribution in [0.25, 0.3) is 0 Å². The van der Waals surface area contributed by atoms with Gasteiger partial charge in [-0.05, 0) is 37.0 Å². The summed E-state index contributed by atoms with van der Waals surface area (Å²) in [5, 5.41) is 6.27. The molecule has 4 nitrogen and oxygen atoms in total. The van der Waals surface area contributed by atoms with Crippen molar-refractivity contribution in [3.8, 4) is 5.75 Å². The van der Waals surface area contributed by atoms with Crippen molar-refractivity contribution in [1.82, 2.24) is 10.6 Å². The van der Waals surface area contributed by atoms with Crippen molar-refractivity contribution in [1.29, 1.82) is 0 Å². The summed E-state index contributed by atoms with van der Waals surface area (Å²) < 4.78 is 5.18. The van der Waals surface area contributed by atoms with Gasteiger partial charge in [-0.25, -0.2) is 0 Å². The van der Waals surface area contributed by atoms with Crippen LogP contribution in [0.15, 0.2) is 24.3 Å². The molecule has 0 spiro atoms. The minimum atomic E-state index is 0.0831. The molecule has 0 unspecified atom stereocenters. The molecule has 0 bridgehead atoms. The molecule has 4 heteroatoms. The van der Waals surface area contributed by atoms with E-state index in [1.165, 1.54) is 31.2 Å². The van der Waals surface area contributed by atoms with Crippen LogP contribution in [0.4, 0.5) is 0 Å². The van der Waals surface area contributed by atoms with Gasteiger partial charge in [-0.1, -0.05) is 25.0 Å². The molecule has 1 aliphatic carbocycles. The second kappa shape index (κ2) is 7.90. The van der Waals surface area contributed by atoms with Gasteiger partial charge in [0.2, 0.25) is 5.91 Å². The Balaban J connectivity index is 1.63. The molecule has 20 heavy (non-hydrogen) atoms. The van der Waals surface area contributed by atoms with Crippen LogP contribution < -0.4 is 15.4 Å². The third-order valence-electron chi connectivity index (χ3n) is 3.78. The average molecular weight is 276 g/mol. The first kappa shape index (κ1) is 14.9. The summed E-state index contributed by atoms with van der Waals surface area (Å²) in [6, 6.07) is 8.48. The minimum Gasteiger partial charge on any atom is -0.497 e. The average Bonchev–Trinajstić information content (AvgIpc) is 2.99. The Hall–Kier alpha value is -1.55. The molecule has 1 aliphatic rings. The molecule has 2 N–H and O–H groups in total. The Morgan fingerprint density at radius 1 is 1.35 bits per heavy atom. The lowest BCUT2D eigenvalue weighted by Gasteiger charge is -2.11. The normalized spacial score (nSPS) is 15.2. The van der Waals surface area contributed by atoms with Crippen LogP contribution in [0.2, 0.25) is 0 Å². The maximum Gasteiger partial charge on any atom is 0.233 e. The smallest absolute Gasteiger partial charge is 0.233 e.